The summed E-state index contributed by atoms with van der Waals surface area (Å²) in [6, 6.07) is 12.1. The molecule has 0 saturated carbocycles. The van der Waals surface area contributed by atoms with Gasteiger partial charge < -0.3 is 5.32 Å². The number of fused-ring (bicyclic) bond motifs is 1. The quantitative estimate of drug-likeness (QED) is 0.610. The number of aromatic nitrogens is 2. The third-order valence-electron chi connectivity index (χ3n) is 5.06. The molecule has 0 radical (unpaired) electrons. The summed E-state index contributed by atoms with van der Waals surface area (Å²) in [4.78, 5) is 13.1. The Bertz CT molecular complexity index is 1280. The Labute approximate surface area is 186 Å². The molecule has 7 nitrogen and oxygen atoms in total. The van der Waals surface area contributed by atoms with Gasteiger partial charge in [0.2, 0.25) is 10.0 Å². The molecule has 3 aromatic rings. The Morgan fingerprint density at radius 3 is 2.50 bits per heavy atom. The van der Waals surface area contributed by atoms with Gasteiger partial charge in [-0.05, 0) is 82.5 Å². The number of halogens is 1. The molecular weight excluding hydrogens is 431 g/mol. The summed E-state index contributed by atoms with van der Waals surface area (Å²) in [5.74, 6) is -0.756. The van der Waals surface area contributed by atoms with E-state index in [1.807, 2.05) is 0 Å². The van der Waals surface area contributed by atoms with E-state index in [0.717, 1.165) is 30.5 Å². The molecule has 0 spiro atoms. The van der Waals surface area contributed by atoms with Crippen LogP contribution in [0.4, 0.5) is 10.1 Å². The van der Waals surface area contributed by atoms with Crippen molar-refractivity contribution in [2.75, 3.05) is 5.32 Å². The van der Waals surface area contributed by atoms with E-state index in [-0.39, 0.29) is 10.7 Å². The van der Waals surface area contributed by atoms with Crippen molar-refractivity contribution in [1.82, 2.24) is 14.5 Å². The van der Waals surface area contributed by atoms with Gasteiger partial charge in [-0.25, -0.2) is 22.2 Å². The van der Waals surface area contributed by atoms with Gasteiger partial charge in [0, 0.05) is 22.5 Å². The summed E-state index contributed by atoms with van der Waals surface area (Å²) in [5.41, 5.74) is 2.51. The molecule has 1 aliphatic carbocycles. The molecule has 1 heterocycles. The number of carbonyl (C=O) groups excluding carboxylic acids is 1. The minimum atomic E-state index is -3.74. The summed E-state index contributed by atoms with van der Waals surface area (Å²) >= 11 is 0. The van der Waals surface area contributed by atoms with Crippen LogP contribution in [-0.2, 0) is 22.9 Å². The van der Waals surface area contributed by atoms with E-state index in [9.17, 15) is 17.6 Å². The summed E-state index contributed by atoms with van der Waals surface area (Å²) in [7, 11) is -3.74. The number of amides is 1. The normalized spacial score (nSPS) is 13.8. The van der Waals surface area contributed by atoms with E-state index >= 15 is 0 Å². The summed E-state index contributed by atoms with van der Waals surface area (Å²) in [5, 5.41) is 7.27. The van der Waals surface area contributed by atoms with Crippen LogP contribution in [0.3, 0.4) is 0 Å². The second kappa shape index (κ2) is 8.14. The van der Waals surface area contributed by atoms with E-state index in [1.54, 1.807) is 49.7 Å². The molecule has 1 aliphatic rings. The van der Waals surface area contributed by atoms with Crippen molar-refractivity contribution in [1.29, 1.82) is 0 Å². The first-order chi connectivity index (χ1) is 15.0. The van der Waals surface area contributed by atoms with Crippen LogP contribution in [0.2, 0.25) is 0 Å². The largest absolute Gasteiger partial charge is 0.321 e. The molecule has 2 N–H and O–H groups in total. The molecule has 168 valence electrons. The van der Waals surface area contributed by atoms with Crippen LogP contribution in [0.5, 0.6) is 0 Å². The fourth-order valence-corrected chi connectivity index (χ4v) is 5.27. The Morgan fingerprint density at radius 1 is 1.09 bits per heavy atom. The van der Waals surface area contributed by atoms with Crippen LogP contribution in [-0.4, -0.2) is 29.6 Å². The van der Waals surface area contributed by atoms with E-state index in [4.69, 9.17) is 0 Å². The zero-order valence-electron chi connectivity index (χ0n) is 18.1. The molecule has 9 heteroatoms. The van der Waals surface area contributed by atoms with Crippen molar-refractivity contribution < 1.29 is 17.6 Å². The standard InChI is InChI=1S/C23H25FN4O3S/c1-23(2,3)27-32(30,31)18-7-4-6-16(14-18)25-22(29)21-19-8-5-9-20(19)28(26-21)17-12-10-15(24)11-13-17/h4,6-7,10-14,27H,5,8-9H2,1-3H3,(H,25,29). The highest BCUT2D eigenvalue weighted by Gasteiger charge is 2.27. The Balaban J connectivity index is 1.62. The smallest absolute Gasteiger partial charge is 0.276 e. The number of nitrogens with zero attached hydrogens (tertiary/aromatic N) is 2. The number of sulfonamides is 1. The number of benzene rings is 2. The molecule has 1 aromatic heterocycles. The maximum absolute atomic E-state index is 13.3. The van der Waals surface area contributed by atoms with Crippen molar-refractivity contribution in [3.8, 4) is 5.69 Å². The second-order valence-corrected chi connectivity index (χ2v) is 10.5. The third-order valence-corrected chi connectivity index (χ3v) is 6.81. The van der Waals surface area contributed by atoms with E-state index < -0.39 is 21.5 Å². The van der Waals surface area contributed by atoms with Crippen LogP contribution >= 0.6 is 0 Å². The molecule has 32 heavy (non-hydrogen) atoms. The van der Waals surface area contributed by atoms with Crippen molar-refractivity contribution >= 4 is 21.6 Å². The summed E-state index contributed by atoms with van der Waals surface area (Å²) < 4.78 is 42.9. The van der Waals surface area contributed by atoms with Crippen molar-refractivity contribution in [3.05, 3.63) is 71.3 Å². The number of rotatable bonds is 5. The Kier molecular flexibility index (Phi) is 5.64. The molecule has 2 aromatic carbocycles. The lowest BCUT2D eigenvalue weighted by Crippen LogP contribution is -2.40. The van der Waals surface area contributed by atoms with Crippen molar-refractivity contribution in [2.24, 2.45) is 0 Å². The van der Waals surface area contributed by atoms with Crippen molar-refractivity contribution in [2.45, 2.75) is 50.5 Å². The number of nitrogens with one attached hydrogen (secondary N) is 2. The van der Waals surface area contributed by atoms with Gasteiger partial charge in [0.1, 0.15) is 5.82 Å². The number of anilines is 1. The maximum Gasteiger partial charge on any atom is 0.276 e. The van der Waals surface area contributed by atoms with Gasteiger partial charge in [-0.2, -0.15) is 5.10 Å². The summed E-state index contributed by atoms with van der Waals surface area (Å²) in [6.07, 6.45) is 2.41. The topological polar surface area (TPSA) is 93.1 Å². The second-order valence-electron chi connectivity index (χ2n) is 8.85. The minimum Gasteiger partial charge on any atom is -0.321 e. The van der Waals surface area contributed by atoms with Gasteiger partial charge >= 0.3 is 0 Å². The minimum absolute atomic E-state index is 0.0623. The highest BCUT2D eigenvalue weighted by Crippen LogP contribution is 2.28. The average Bonchev–Trinajstić information content (AvgIpc) is 3.30. The fraction of sp³-hybridized carbons (Fsp3) is 0.304. The van der Waals surface area contributed by atoms with Gasteiger partial charge in [-0.3, -0.25) is 4.79 Å². The van der Waals surface area contributed by atoms with Crippen LogP contribution in [0.15, 0.2) is 53.4 Å². The van der Waals surface area contributed by atoms with Crippen LogP contribution in [0.25, 0.3) is 5.69 Å². The molecule has 1 amide bonds. The first-order valence-electron chi connectivity index (χ1n) is 10.4. The van der Waals surface area contributed by atoms with Crippen LogP contribution in [0, 0.1) is 5.82 Å². The van der Waals surface area contributed by atoms with Crippen LogP contribution in [0.1, 0.15) is 48.9 Å². The molecule has 4 rings (SSSR count). The number of hydrogen-bond donors (Lipinski definition) is 2. The predicted molar refractivity (Wildman–Crippen MR) is 120 cm³/mol. The van der Waals surface area contributed by atoms with Gasteiger partial charge in [0.25, 0.3) is 5.91 Å². The Morgan fingerprint density at radius 2 is 1.81 bits per heavy atom. The molecular formula is C23H25FN4O3S. The highest BCUT2D eigenvalue weighted by atomic mass is 32.2. The predicted octanol–water partition coefficient (Wildman–Crippen LogP) is 3.83. The average molecular weight is 457 g/mol. The lowest BCUT2D eigenvalue weighted by Gasteiger charge is -2.20. The monoisotopic (exact) mass is 456 g/mol. The van der Waals surface area contributed by atoms with Gasteiger partial charge in [0.15, 0.2) is 5.69 Å². The SMILES string of the molecule is CC(C)(C)NS(=O)(=O)c1cccc(NC(=O)c2nn(-c3ccc(F)cc3)c3c2CCC3)c1. The van der Waals surface area contributed by atoms with Gasteiger partial charge in [-0.1, -0.05) is 6.07 Å². The third kappa shape index (κ3) is 4.58. The molecule has 0 aliphatic heterocycles. The van der Waals surface area contributed by atoms with E-state index in [0.29, 0.717) is 17.1 Å². The van der Waals surface area contributed by atoms with Crippen LogP contribution < -0.4 is 10.0 Å². The molecule has 0 atom stereocenters. The van der Waals surface area contributed by atoms with E-state index in [2.05, 4.69) is 15.1 Å². The molecule has 0 saturated heterocycles. The zero-order valence-corrected chi connectivity index (χ0v) is 19.0. The first kappa shape index (κ1) is 22.2. The number of hydrogen-bond acceptors (Lipinski definition) is 4. The summed E-state index contributed by atoms with van der Waals surface area (Å²) in [6.45, 7) is 5.27. The lowest BCUT2D eigenvalue weighted by atomic mass is 10.1. The first-order valence-corrected chi connectivity index (χ1v) is 11.8. The maximum atomic E-state index is 13.3. The fourth-order valence-electron chi connectivity index (χ4n) is 3.81. The Hall–Kier alpha value is -3.04. The molecule has 0 unspecified atom stereocenters. The number of carbonyl (C=O) groups is 1. The zero-order chi connectivity index (χ0) is 23.1. The van der Waals surface area contributed by atoms with Gasteiger partial charge in [0.05, 0.1) is 10.6 Å². The molecule has 0 fully saturated rings. The molecule has 0 bridgehead atoms. The van der Waals surface area contributed by atoms with Gasteiger partial charge in [-0.15, -0.1) is 0 Å². The highest BCUT2D eigenvalue weighted by molar-refractivity contribution is 7.89. The lowest BCUT2D eigenvalue weighted by molar-refractivity contribution is 0.102. The van der Waals surface area contributed by atoms with Crippen molar-refractivity contribution in [3.63, 3.8) is 0 Å². The van der Waals surface area contributed by atoms with E-state index in [1.165, 1.54) is 24.3 Å².